The van der Waals surface area contributed by atoms with E-state index in [2.05, 4.69) is 4.99 Å². The molecule has 104 valence electrons. The molecule has 0 aromatic heterocycles. The van der Waals surface area contributed by atoms with Gasteiger partial charge >= 0.3 is 0 Å². The Bertz CT molecular complexity index is 645. The molecule has 0 bridgehead atoms. The average Bonchev–Trinajstić information content (AvgIpc) is 2.43. The molecule has 0 saturated carbocycles. The molecule has 20 heavy (non-hydrogen) atoms. The van der Waals surface area contributed by atoms with Crippen molar-refractivity contribution < 1.29 is 9.47 Å². The number of aliphatic imine (C=N–C) groups is 1. The van der Waals surface area contributed by atoms with E-state index >= 15 is 0 Å². The van der Waals surface area contributed by atoms with E-state index in [1.807, 2.05) is 49.3 Å². The van der Waals surface area contributed by atoms with Crippen molar-refractivity contribution in [3.05, 3.63) is 41.9 Å². The van der Waals surface area contributed by atoms with Gasteiger partial charge in [0.15, 0.2) is 11.5 Å². The second-order valence-corrected chi connectivity index (χ2v) is 4.95. The standard InChI is InChI=1S/C15H17N3O2/c1-18(2)9-4-5-11-14(6-9)20-15-7-10(16)13(19-3)8-12(15)17-11/h4-8,10H,16H2,1-3H3. The van der Waals surface area contributed by atoms with Gasteiger partial charge in [0.1, 0.15) is 17.2 Å². The Morgan fingerprint density at radius 1 is 1.35 bits per heavy atom. The highest BCUT2D eigenvalue weighted by atomic mass is 16.5. The molecule has 1 heterocycles. The summed E-state index contributed by atoms with van der Waals surface area (Å²) in [7, 11) is 5.58. The number of hydrogen-bond acceptors (Lipinski definition) is 5. The van der Waals surface area contributed by atoms with E-state index in [9.17, 15) is 0 Å². The Morgan fingerprint density at radius 2 is 2.15 bits per heavy atom. The topological polar surface area (TPSA) is 60.1 Å². The number of anilines is 1. The molecule has 1 aromatic rings. The maximum atomic E-state index is 5.98. The van der Waals surface area contributed by atoms with E-state index in [-0.39, 0.29) is 6.04 Å². The summed E-state index contributed by atoms with van der Waals surface area (Å²) in [6.07, 6.45) is 3.64. The number of fused-ring (bicyclic) bond motifs is 2. The molecule has 0 spiro atoms. The molecule has 0 saturated heterocycles. The van der Waals surface area contributed by atoms with Crippen molar-refractivity contribution in [2.45, 2.75) is 6.04 Å². The average molecular weight is 271 g/mol. The predicted octanol–water partition coefficient (Wildman–Crippen LogP) is 1.97. The van der Waals surface area contributed by atoms with E-state index in [0.717, 1.165) is 22.8 Å². The quantitative estimate of drug-likeness (QED) is 0.893. The highest BCUT2D eigenvalue weighted by Gasteiger charge is 2.25. The molecule has 5 heteroatoms. The molecule has 5 nitrogen and oxygen atoms in total. The Hall–Kier alpha value is -2.27. The fraction of sp³-hybridized carbons (Fsp3) is 0.267. The number of ether oxygens (including phenoxy) is 2. The fourth-order valence-electron chi connectivity index (χ4n) is 2.20. The summed E-state index contributed by atoms with van der Waals surface area (Å²) < 4.78 is 11.2. The van der Waals surface area contributed by atoms with Crippen LogP contribution in [0.3, 0.4) is 0 Å². The lowest BCUT2D eigenvalue weighted by atomic mass is 10.0. The van der Waals surface area contributed by atoms with Gasteiger partial charge in [-0.15, -0.1) is 0 Å². The van der Waals surface area contributed by atoms with Crippen molar-refractivity contribution in [3.8, 4) is 5.75 Å². The fourth-order valence-corrected chi connectivity index (χ4v) is 2.20. The molecule has 2 N–H and O–H groups in total. The lowest BCUT2D eigenvalue weighted by Gasteiger charge is -2.25. The van der Waals surface area contributed by atoms with E-state index in [1.54, 1.807) is 7.11 Å². The molecule has 1 aliphatic carbocycles. The highest BCUT2D eigenvalue weighted by Crippen LogP contribution is 2.38. The first-order chi connectivity index (χ1) is 9.58. The number of rotatable bonds is 2. The van der Waals surface area contributed by atoms with Crippen molar-refractivity contribution in [2.24, 2.45) is 10.7 Å². The summed E-state index contributed by atoms with van der Waals surface area (Å²) in [5.74, 6) is 2.11. The minimum absolute atomic E-state index is 0.299. The van der Waals surface area contributed by atoms with Crippen molar-refractivity contribution >= 4 is 17.1 Å². The zero-order valence-corrected chi connectivity index (χ0v) is 11.8. The van der Waals surface area contributed by atoms with Crippen molar-refractivity contribution in [2.75, 3.05) is 26.1 Å². The van der Waals surface area contributed by atoms with Gasteiger partial charge in [-0.2, -0.15) is 0 Å². The number of hydrogen-bond donors (Lipinski definition) is 1. The van der Waals surface area contributed by atoms with Crippen LogP contribution in [0.1, 0.15) is 0 Å². The predicted molar refractivity (Wildman–Crippen MR) is 79.6 cm³/mol. The van der Waals surface area contributed by atoms with E-state index in [1.165, 1.54) is 0 Å². The molecule has 1 atom stereocenters. The van der Waals surface area contributed by atoms with Crippen LogP contribution in [-0.4, -0.2) is 33.0 Å². The molecule has 1 aromatic carbocycles. The molecular formula is C15H17N3O2. The summed E-state index contributed by atoms with van der Waals surface area (Å²) in [6, 6.07) is 5.63. The van der Waals surface area contributed by atoms with Crippen LogP contribution in [0, 0.1) is 0 Å². The molecule has 0 radical (unpaired) electrons. The summed E-state index contributed by atoms with van der Waals surface area (Å²) in [6.45, 7) is 0. The van der Waals surface area contributed by atoms with Crippen LogP contribution in [0.15, 0.2) is 46.9 Å². The number of nitrogens with two attached hydrogens (primary N) is 1. The Kier molecular flexibility index (Phi) is 2.99. The summed E-state index contributed by atoms with van der Waals surface area (Å²) in [5.41, 5.74) is 8.60. The second-order valence-electron chi connectivity index (χ2n) is 4.95. The minimum atomic E-state index is -0.299. The van der Waals surface area contributed by atoms with Gasteiger partial charge in [0.25, 0.3) is 0 Å². The van der Waals surface area contributed by atoms with Crippen molar-refractivity contribution in [3.63, 3.8) is 0 Å². The second kappa shape index (κ2) is 4.68. The van der Waals surface area contributed by atoms with Crippen LogP contribution in [0.4, 0.5) is 11.4 Å². The maximum Gasteiger partial charge on any atom is 0.155 e. The van der Waals surface area contributed by atoms with Crippen LogP contribution in [0.25, 0.3) is 0 Å². The minimum Gasteiger partial charge on any atom is -0.499 e. The van der Waals surface area contributed by atoms with E-state index in [4.69, 9.17) is 15.2 Å². The van der Waals surface area contributed by atoms with Crippen LogP contribution in [0.5, 0.6) is 5.75 Å². The van der Waals surface area contributed by atoms with Gasteiger partial charge in [0.05, 0.1) is 13.2 Å². The smallest absolute Gasteiger partial charge is 0.155 e. The molecule has 3 rings (SSSR count). The first-order valence-electron chi connectivity index (χ1n) is 6.40. The van der Waals surface area contributed by atoms with Gasteiger partial charge in [0, 0.05) is 31.9 Å². The molecular weight excluding hydrogens is 254 g/mol. The molecule has 1 aliphatic heterocycles. The molecule has 0 fully saturated rings. The van der Waals surface area contributed by atoms with Crippen LogP contribution in [-0.2, 0) is 4.74 Å². The first kappa shape index (κ1) is 12.7. The monoisotopic (exact) mass is 271 g/mol. The molecule has 0 amide bonds. The Balaban J connectivity index is 2.04. The highest BCUT2D eigenvalue weighted by molar-refractivity contribution is 6.11. The normalized spacial score (nSPS) is 19.8. The van der Waals surface area contributed by atoms with Crippen molar-refractivity contribution in [1.82, 2.24) is 0 Å². The van der Waals surface area contributed by atoms with Gasteiger partial charge in [0.2, 0.25) is 0 Å². The number of methoxy groups -OCH3 is 1. The van der Waals surface area contributed by atoms with Gasteiger partial charge in [-0.3, -0.25) is 0 Å². The zero-order valence-electron chi connectivity index (χ0n) is 11.8. The summed E-state index contributed by atoms with van der Waals surface area (Å²) >= 11 is 0. The lowest BCUT2D eigenvalue weighted by Crippen LogP contribution is -2.29. The Labute approximate surface area is 118 Å². The van der Waals surface area contributed by atoms with Gasteiger partial charge in [-0.25, -0.2) is 4.99 Å². The third kappa shape index (κ3) is 2.06. The number of benzene rings is 1. The van der Waals surface area contributed by atoms with Crippen molar-refractivity contribution in [1.29, 1.82) is 0 Å². The lowest BCUT2D eigenvalue weighted by molar-refractivity contribution is 0.272. The van der Waals surface area contributed by atoms with Crippen LogP contribution < -0.4 is 15.4 Å². The third-order valence-corrected chi connectivity index (χ3v) is 3.35. The summed E-state index contributed by atoms with van der Waals surface area (Å²) in [4.78, 5) is 6.61. The van der Waals surface area contributed by atoms with Crippen LogP contribution >= 0.6 is 0 Å². The number of nitrogens with zero attached hydrogens (tertiary/aromatic N) is 2. The van der Waals surface area contributed by atoms with E-state index in [0.29, 0.717) is 11.5 Å². The molecule has 1 unspecified atom stereocenters. The summed E-state index contributed by atoms with van der Waals surface area (Å²) in [5, 5.41) is 0. The molecule has 2 aliphatic rings. The largest absolute Gasteiger partial charge is 0.499 e. The maximum absolute atomic E-state index is 5.98. The van der Waals surface area contributed by atoms with E-state index < -0.39 is 0 Å². The zero-order chi connectivity index (χ0) is 14.3. The van der Waals surface area contributed by atoms with Gasteiger partial charge in [-0.05, 0) is 18.2 Å². The number of allylic oxidation sites excluding steroid dienone is 1. The van der Waals surface area contributed by atoms with Gasteiger partial charge in [-0.1, -0.05) is 0 Å². The first-order valence-corrected chi connectivity index (χ1v) is 6.40. The third-order valence-electron chi connectivity index (χ3n) is 3.35. The van der Waals surface area contributed by atoms with Crippen LogP contribution in [0.2, 0.25) is 0 Å². The van der Waals surface area contributed by atoms with Gasteiger partial charge < -0.3 is 20.1 Å². The Morgan fingerprint density at radius 3 is 2.85 bits per heavy atom. The SMILES string of the molecule is COC1=CC2=Nc3ccc(N(C)C)cc3OC2=CC1N.